The molecule has 0 saturated carbocycles. The minimum atomic E-state index is -0.151. The van der Waals surface area contributed by atoms with Crippen LogP contribution >= 0.6 is 11.6 Å². The van der Waals surface area contributed by atoms with E-state index in [-0.39, 0.29) is 5.82 Å². The normalized spacial score (nSPS) is 21.6. The van der Waals surface area contributed by atoms with E-state index in [1.54, 1.807) is 6.07 Å². The minimum Gasteiger partial charge on any atom is -0.295 e. The Kier molecular flexibility index (Phi) is 3.82. The monoisotopic (exact) mass is 241 g/mol. The first kappa shape index (κ1) is 11.9. The second-order valence-electron chi connectivity index (χ2n) is 4.49. The quantitative estimate of drug-likeness (QED) is 0.734. The second kappa shape index (κ2) is 5.15. The fourth-order valence-corrected chi connectivity index (χ4v) is 2.66. The predicted molar refractivity (Wildman–Crippen MR) is 65.3 cm³/mol. The van der Waals surface area contributed by atoms with Crippen molar-refractivity contribution in [2.24, 2.45) is 0 Å². The fourth-order valence-electron chi connectivity index (χ4n) is 2.31. The van der Waals surface area contributed by atoms with Gasteiger partial charge in [-0.25, -0.2) is 4.39 Å². The molecule has 1 atom stereocenters. The molecule has 0 bridgehead atoms. The van der Waals surface area contributed by atoms with Gasteiger partial charge in [0.05, 0.1) is 0 Å². The minimum absolute atomic E-state index is 0.151. The van der Waals surface area contributed by atoms with E-state index in [0.29, 0.717) is 11.9 Å². The zero-order valence-electron chi connectivity index (χ0n) is 9.55. The lowest BCUT2D eigenvalue weighted by Gasteiger charge is -2.23. The van der Waals surface area contributed by atoms with Gasteiger partial charge in [0.25, 0.3) is 0 Å². The Morgan fingerprint density at radius 2 is 2.31 bits per heavy atom. The maximum absolute atomic E-state index is 13.2. The van der Waals surface area contributed by atoms with Crippen LogP contribution in [0.1, 0.15) is 24.0 Å². The average Bonchev–Trinajstić information content (AvgIpc) is 2.71. The van der Waals surface area contributed by atoms with Gasteiger partial charge in [-0.1, -0.05) is 6.07 Å². The standard InChI is InChI=1S/C13H17ClFN/c1-10-4-5-12(15)7-11(10)9-16-6-2-3-13(16)8-14/h4-5,7,13H,2-3,6,8-9H2,1H3. The Bertz CT molecular complexity index is 367. The van der Waals surface area contributed by atoms with E-state index in [0.717, 1.165) is 30.6 Å². The highest BCUT2D eigenvalue weighted by Crippen LogP contribution is 2.22. The van der Waals surface area contributed by atoms with Gasteiger partial charge < -0.3 is 0 Å². The molecule has 0 spiro atoms. The van der Waals surface area contributed by atoms with Gasteiger partial charge in [0, 0.05) is 18.5 Å². The summed E-state index contributed by atoms with van der Waals surface area (Å²) in [5, 5.41) is 0. The summed E-state index contributed by atoms with van der Waals surface area (Å²) in [6.07, 6.45) is 2.36. The zero-order chi connectivity index (χ0) is 11.5. The highest BCUT2D eigenvalue weighted by atomic mass is 35.5. The molecule has 1 nitrogen and oxygen atoms in total. The van der Waals surface area contributed by atoms with Crippen LogP contribution in [0.2, 0.25) is 0 Å². The smallest absolute Gasteiger partial charge is 0.123 e. The van der Waals surface area contributed by atoms with E-state index in [4.69, 9.17) is 11.6 Å². The number of likely N-dealkylation sites (tertiary alicyclic amines) is 1. The SMILES string of the molecule is Cc1ccc(F)cc1CN1CCCC1CCl. The number of alkyl halides is 1. The van der Waals surface area contributed by atoms with Gasteiger partial charge in [-0.3, -0.25) is 4.90 Å². The summed E-state index contributed by atoms with van der Waals surface area (Å²) in [7, 11) is 0. The van der Waals surface area contributed by atoms with Gasteiger partial charge in [0.1, 0.15) is 5.82 Å². The van der Waals surface area contributed by atoms with Crippen molar-refractivity contribution in [1.29, 1.82) is 0 Å². The molecular formula is C13H17ClFN. The van der Waals surface area contributed by atoms with E-state index in [9.17, 15) is 4.39 Å². The van der Waals surface area contributed by atoms with Crippen LogP contribution in [0.5, 0.6) is 0 Å². The van der Waals surface area contributed by atoms with Crippen LogP contribution in [-0.4, -0.2) is 23.4 Å². The number of hydrogen-bond acceptors (Lipinski definition) is 1. The van der Waals surface area contributed by atoms with Gasteiger partial charge in [-0.2, -0.15) is 0 Å². The summed E-state index contributed by atoms with van der Waals surface area (Å²) in [5.41, 5.74) is 2.23. The molecule has 1 aromatic carbocycles. The molecule has 1 aromatic rings. The van der Waals surface area contributed by atoms with Crippen molar-refractivity contribution >= 4 is 11.6 Å². The van der Waals surface area contributed by atoms with E-state index in [2.05, 4.69) is 4.90 Å². The lowest BCUT2D eigenvalue weighted by atomic mass is 10.1. The van der Waals surface area contributed by atoms with Gasteiger partial charge in [0.15, 0.2) is 0 Å². The molecule has 0 aromatic heterocycles. The Balaban J connectivity index is 2.11. The Hall–Kier alpha value is -0.600. The molecule has 1 aliphatic rings. The van der Waals surface area contributed by atoms with Crippen LogP contribution in [0.25, 0.3) is 0 Å². The summed E-state index contributed by atoms with van der Waals surface area (Å²) in [4.78, 5) is 2.36. The molecule has 1 heterocycles. The predicted octanol–water partition coefficient (Wildman–Crippen LogP) is 3.34. The fraction of sp³-hybridized carbons (Fsp3) is 0.538. The van der Waals surface area contributed by atoms with E-state index < -0.39 is 0 Å². The molecule has 0 aliphatic carbocycles. The van der Waals surface area contributed by atoms with Crippen molar-refractivity contribution in [2.45, 2.75) is 32.4 Å². The summed E-state index contributed by atoms with van der Waals surface area (Å²) >= 11 is 5.92. The Labute approximate surface area is 101 Å². The first-order chi connectivity index (χ1) is 7.70. The highest BCUT2D eigenvalue weighted by Gasteiger charge is 2.23. The molecule has 0 amide bonds. The van der Waals surface area contributed by atoms with Crippen molar-refractivity contribution in [3.63, 3.8) is 0 Å². The van der Waals surface area contributed by atoms with Crippen molar-refractivity contribution in [3.05, 3.63) is 35.1 Å². The van der Waals surface area contributed by atoms with Crippen molar-refractivity contribution in [3.8, 4) is 0 Å². The number of halogens is 2. The van der Waals surface area contributed by atoms with Crippen molar-refractivity contribution in [2.75, 3.05) is 12.4 Å². The van der Waals surface area contributed by atoms with Gasteiger partial charge >= 0.3 is 0 Å². The number of benzene rings is 1. The molecule has 0 radical (unpaired) electrons. The third kappa shape index (κ3) is 2.55. The van der Waals surface area contributed by atoms with Crippen LogP contribution in [-0.2, 0) is 6.54 Å². The van der Waals surface area contributed by atoms with Crippen LogP contribution in [0.4, 0.5) is 4.39 Å². The summed E-state index contributed by atoms with van der Waals surface area (Å²) in [5.74, 6) is 0.524. The van der Waals surface area contributed by atoms with E-state index in [1.807, 2.05) is 13.0 Å². The molecule has 16 heavy (non-hydrogen) atoms. The summed E-state index contributed by atoms with van der Waals surface area (Å²) in [6, 6.07) is 5.46. The van der Waals surface area contributed by atoms with E-state index >= 15 is 0 Å². The number of rotatable bonds is 3. The average molecular weight is 242 g/mol. The third-order valence-electron chi connectivity index (χ3n) is 3.36. The molecule has 2 rings (SSSR count). The topological polar surface area (TPSA) is 3.24 Å². The highest BCUT2D eigenvalue weighted by molar-refractivity contribution is 6.18. The maximum Gasteiger partial charge on any atom is 0.123 e. The third-order valence-corrected chi connectivity index (χ3v) is 3.72. The van der Waals surface area contributed by atoms with Crippen LogP contribution in [0.15, 0.2) is 18.2 Å². The first-order valence-corrected chi connectivity index (χ1v) is 6.29. The lowest BCUT2D eigenvalue weighted by molar-refractivity contribution is 0.262. The van der Waals surface area contributed by atoms with Crippen LogP contribution < -0.4 is 0 Å². The summed E-state index contributed by atoms with van der Waals surface area (Å²) < 4.78 is 13.2. The van der Waals surface area contributed by atoms with Crippen molar-refractivity contribution in [1.82, 2.24) is 4.90 Å². The van der Waals surface area contributed by atoms with Gasteiger partial charge in [-0.05, 0) is 49.6 Å². The van der Waals surface area contributed by atoms with Crippen molar-refractivity contribution < 1.29 is 4.39 Å². The molecular weight excluding hydrogens is 225 g/mol. The maximum atomic E-state index is 13.2. The lowest BCUT2D eigenvalue weighted by Crippen LogP contribution is -2.30. The number of nitrogens with zero attached hydrogens (tertiary/aromatic N) is 1. The molecule has 0 N–H and O–H groups in total. The first-order valence-electron chi connectivity index (χ1n) is 5.75. The summed E-state index contributed by atoms with van der Waals surface area (Å²) in [6.45, 7) is 3.93. The molecule has 3 heteroatoms. The molecule has 1 aliphatic heterocycles. The molecule has 1 unspecified atom stereocenters. The second-order valence-corrected chi connectivity index (χ2v) is 4.80. The molecule has 1 saturated heterocycles. The largest absolute Gasteiger partial charge is 0.295 e. The number of hydrogen-bond donors (Lipinski definition) is 0. The van der Waals surface area contributed by atoms with Gasteiger partial charge in [0.2, 0.25) is 0 Å². The van der Waals surface area contributed by atoms with Gasteiger partial charge in [-0.15, -0.1) is 11.6 Å². The van der Waals surface area contributed by atoms with E-state index in [1.165, 1.54) is 12.5 Å². The zero-order valence-corrected chi connectivity index (χ0v) is 10.3. The molecule has 88 valence electrons. The van der Waals surface area contributed by atoms with Crippen LogP contribution in [0.3, 0.4) is 0 Å². The number of aryl methyl sites for hydroxylation is 1. The Morgan fingerprint density at radius 3 is 3.06 bits per heavy atom. The molecule has 1 fully saturated rings. The van der Waals surface area contributed by atoms with Crippen LogP contribution in [0, 0.1) is 12.7 Å². The Morgan fingerprint density at radius 1 is 1.50 bits per heavy atom.